The van der Waals surface area contributed by atoms with Crippen molar-refractivity contribution in [2.24, 2.45) is 0 Å². The van der Waals surface area contributed by atoms with Crippen LogP contribution in [-0.4, -0.2) is 24.1 Å². The molecule has 0 N–H and O–H groups in total. The highest BCUT2D eigenvalue weighted by Crippen LogP contribution is 2.56. The Morgan fingerprint density at radius 1 is 0.757 bits per heavy atom. The maximum Gasteiger partial charge on any atom is 0.340 e. The second-order valence-electron chi connectivity index (χ2n) is 9.64. The molecule has 0 saturated heterocycles. The highest BCUT2D eigenvalue weighted by molar-refractivity contribution is 5.97. The van der Waals surface area contributed by atoms with Crippen LogP contribution >= 0.6 is 0 Å². The highest BCUT2D eigenvalue weighted by atomic mass is 16.6. The van der Waals surface area contributed by atoms with E-state index in [1.165, 1.54) is 11.1 Å². The van der Waals surface area contributed by atoms with Crippen molar-refractivity contribution in [3.8, 4) is 11.5 Å². The third-order valence-electron chi connectivity index (χ3n) is 7.45. The number of anilines is 2. The number of hydrogen-bond donors (Lipinski definition) is 0. The highest BCUT2D eigenvalue weighted by Gasteiger charge is 2.53. The first-order valence-electron chi connectivity index (χ1n) is 12.8. The number of rotatable bonds is 5. The summed E-state index contributed by atoms with van der Waals surface area (Å²) in [5.74, 6) is 1.06. The van der Waals surface area contributed by atoms with Crippen LogP contribution < -0.4 is 9.75 Å². The Labute approximate surface area is 217 Å². The zero-order chi connectivity index (χ0) is 25.7. The van der Waals surface area contributed by atoms with Crippen molar-refractivity contribution in [1.29, 1.82) is 0 Å². The Bertz CT molecular complexity index is 1520. The lowest BCUT2D eigenvalue weighted by Gasteiger charge is -2.39. The molecule has 0 amide bonds. The second-order valence-corrected chi connectivity index (χ2v) is 9.64. The van der Waals surface area contributed by atoms with Crippen molar-refractivity contribution >= 4 is 17.3 Å². The average molecular weight is 491 g/mol. The van der Waals surface area contributed by atoms with E-state index in [0.29, 0.717) is 17.1 Å². The van der Waals surface area contributed by atoms with Gasteiger partial charge < -0.3 is 9.47 Å². The average Bonchev–Trinajstić information content (AvgIpc) is 3.21. The monoisotopic (exact) mass is 490 g/mol. The minimum atomic E-state index is -1.05. The molecule has 0 fully saturated rings. The van der Waals surface area contributed by atoms with Crippen molar-refractivity contribution in [1.82, 2.24) is 5.01 Å². The van der Waals surface area contributed by atoms with Crippen LogP contribution in [0.5, 0.6) is 11.5 Å². The van der Waals surface area contributed by atoms with E-state index < -0.39 is 5.60 Å². The molecule has 5 heteroatoms. The molecule has 6 rings (SSSR count). The Morgan fingerprint density at radius 3 is 2.24 bits per heavy atom. The standard InChI is InChI=1S/C32H30N2O3/c1-5-33(6-2)34(28-19-21(3)15-16-22(28)4)23-17-18-27-30(20-23)36-29-14-10-9-13-26(29)32(27)25-12-8-7-11-24(25)31(35)37-32/h7-20H,5-6H2,1-4H3. The molecule has 2 heterocycles. The number of carbonyl (C=O) groups is 1. The number of carbonyl (C=O) groups excluding carboxylic acids is 1. The van der Waals surface area contributed by atoms with Crippen LogP contribution in [0.1, 0.15) is 52.0 Å². The summed E-state index contributed by atoms with van der Waals surface area (Å²) in [5.41, 5.74) is 6.57. The lowest BCUT2D eigenvalue weighted by molar-refractivity contribution is 0.0224. The summed E-state index contributed by atoms with van der Waals surface area (Å²) in [6, 6.07) is 28.2. The zero-order valence-electron chi connectivity index (χ0n) is 21.6. The van der Waals surface area contributed by atoms with Gasteiger partial charge in [0.15, 0.2) is 5.60 Å². The molecule has 2 aliphatic heterocycles. The van der Waals surface area contributed by atoms with Gasteiger partial charge in [0.05, 0.1) is 16.9 Å². The van der Waals surface area contributed by atoms with Gasteiger partial charge in [-0.15, -0.1) is 0 Å². The summed E-state index contributed by atoms with van der Waals surface area (Å²) in [7, 11) is 0. The van der Waals surface area contributed by atoms with Crippen molar-refractivity contribution in [2.75, 3.05) is 18.1 Å². The minimum absolute atomic E-state index is 0.317. The number of hydrazine groups is 1. The number of para-hydroxylation sites is 1. The molecule has 4 aromatic rings. The van der Waals surface area contributed by atoms with Crippen LogP contribution in [0.25, 0.3) is 0 Å². The third kappa shape index (κ3) is 3.45. The molecule has 1 unspecified atom stereocenters. The normalized spacial score (nSPS) is 17.2. The molecule has 0 saturated carbocycles. The molecule has 0 radical (unpaired) electrons. The zero-order valence-corrected chi connectivity index (χ0v) is 21.6. The molecule has 0 aromatic heterocycles. The van der Waals surface area contributed by atoms with Crippen molar-refractivity contribution in [2.45, 2.75) is 33.3 Å². The quantitative estimate of drug-likeness (QED) is 0.217. The van der Waals surface area contributed by atoms with Crippen LogP contribution in [0.15, 0.2) is 84.9 Å². The fraction of sp³-hybridized carbons (Fsp3) is 0.219. The number of fused-ring (bicyclic) bond motifs is 6. The van der Waals surface area contributed by atoms with Crippen LogP contribution in [-0.2, 0) is 10.3 Å². The minimum Gasteiger partial charge on any atom is -0.456 e. The third-order valence-corrected chi connectivity index (χ3v) is 7.45. The van der Waals surface area contributed by atoms with E-state index in [1.54, 1.807) is 0 Å². The molecule has 0 bridgehead atoms. The van der Waals surface area contributed by atoms with E-state index >= 15 is 0 Å². The predicted octanol–water partition coefficient (Wildman–Crippen LogP) is 7.27. The van der Waals surface area contributed by atoms with Gasteiger partial charge >= 0.3 is 5.97 Å². The van der Waals surface area contributed by atoms with Crippen LogP contribution in [0.4, 0.5) is 11.4 Å². The van der Waals surface area contributed by atoms with E-state index in [2.05, 4.69) is 74.1 Å². The first-order chi connectivity index (χ1) is 18.0. The van der Waals surface area contributed by atoms with E-state index in [9.17, 15) is 4.79 Å². The Balaban J connectivity index is 1.58. The van der Waals surface area contributed by atoms with Crippen LogP contribution in [0.3, 0.4) is 0 Å². The summed E-state index contributed by atoms with van der Waals surface area (Å²) >= 11 is 0. The molecular weight excluding hydrogens is 460 g/mol. The van der Waals surface area contributed by atoms with E-state index in [1.807, 2.05) is 48.5 Å². The predicted molar refractivity (Wildman–Crippen MR) is 146 cm³/mol. The summed E-state index contributed by atoms with van der Waals surface area (Å²) < 4.78 is 12.8. The number of benzene rings is 4. The Kier molecular flexibility index (Phi) is 5.54. The topological polar surface area (TPSA) is 42.0 Å². The lowest BCUT2D eigenvalue weighted by Crippen LogP contribution is -2.40. The summed E-state index contributed by atoms with van der Waals surface area (Å²) in [5, 5.41) is 4.58. The van der Waals surface area contributed by atoms with Gasteiger partial charge in [-0.3, -0.25) is 5.01 Å². The molecule has 2 aliphatic rings. The van der Waals surface area contributed by atoms with Gasteiger partial charge in [0.2, 0.25) is 0 Å². The van der Waals surface area contributed by atoms with Crippen molar-refractivity contribution < 1.29 is 14.3 Å². The van der Waals surface area contributed by atoms with Crippen molar-refractivity contribution in [3.05, 3.63) is 118 Å². The maximum atomic E-state index is 13.1. The van der Waals surface area contributed by atoms with Gasteiger partial charge in [0, 0.05) is 35.8 Å². The molecule has 1 atom stereocenters. The summed E-state index contributed by atoms with van der Waals surface area (Å²) in [4.78, 5) is 13.1. The van der Waals surface area contributed by atoms with Gasteiger partial charge in [0.1, 0.15) is 11.5 Å². The molecule has 4 aromatic carbocycles. The SMILES string of the molecule is CCN(CC)N(c1ccc2c(c1)Oc1ccccc1C21OC(=O)c2ccccc21)c1cc(C)ccc1C. The lowest BCUT2D eigenvalue weighted by atomic mass is 9.77. The second kappa shape index (κ2) is 8.79. The molecule has 37 heavy (non-hydrogen) atoms. The molecule has 0 aliphatic carbocycles. The van der Waals surface area contributed by atoms with Gasteiger partial charge in [-0.2, -0.15) is 0 Å². The van der Waals surface area contributed by atoms with Gasteiger partial charge in [0.25, 0.3) is 0 Å². The van der Waals surface area contributed by atoms with Gasteiger partial charge in [-0.1, -0.05) is 62.4 Å². The van der Waals surface area contributed by atoms with Crippen molar-refractivity contribution in [3.63, 3.8) is 0 Å². The number of esters is 1. The molecule has 5 nitrogen and oxygen atoms in total. The van der Waals surface area contributed by atoms with Gasteiger partial charge in [-0.25, -0.2) is 9.80 Å². The fourth-order valence-electron chi connectivity index (χ4n) is 5.65. The first kappa shape index (κ1) is 23.3. The number of nitrogens with zero attached hydrogens (tertiary/aromatic N) is 2. The Morgan fingerprint density at radius 2 is 1.46 bits per heavy atom. The molecule has 186 valence electrons. The first-order valence-corrected chi connectivity index (χ1v) is 12.8. The number of ether oxygens (including phenoxy) is 2. The summed E-state index contributed by atoms with van der Waals surface area (Å²) in [6.45, 7) is 10.3. The fourth-order valence-corrected chi connectivity index (χ4v) is 5.65. The summed E-state index contributed by atoms with van der Waals surface area (Å²) in [6.07, 6.45) is 0. The van der Waals surface area contributed by atoms with E-state index in [0.717, 1.165) is 41.2 Å². The number of aryl methyl sites for hydroxylation is 2. The van der Waals surface area contributed by atoms with Gasteiger partial charge in [-0.05, 0) is 55.3 Å². The van der Waals surface area contributed by atoms with Crippen LogP contribution in [0, 0.1) is 13.8 Å². The molecule has 1 spiro atoms. The van der Waals surface area contributed by atoms with E-state index in [4.69, 9.17) is 9.47 Å². The Hall–Kier alpha value is -4.09. The van der Waals surface area contributed by atoms with Crippen LogP contribution in [0.2, 0.25) is 0 Å². The van der Waals surface area contributed by atoms with E-state index in [-0.39, 0.29) is 5.97 Å². The maximum absolute atomic E-state index is 13.1. The number of hydrogen-bond acceptors (Lipinski definition) is 5. The smallest absolute Gasteiger partial charge is 0.340 e. The molecular formula is C32H30N2O3. The largest absolute Gasteiger partial charge is 0.456 e.